The summed E-state index contributed by atoms with van der Waals surface area (Å²) in [6.07, 6.45) is -0.623. The van der Waals surface area contributed by atoms with Crippen LogP contribution in [0.1, 0.15) is 6.92 Å². The smallest absolute Gasteiger partial charge is 0.346 e. The number of carbonyl (C=O) groups is 1. The zero-order valence-corrected chi connectivity index (χ0v) is 8.19. The number of ether oxygens (including phenoxy) is 2. The van der Waals surface area contributed by atoms with Crippen LogP contribution in [-0.4, -0.2) is 19.2 Å². The molecule has 4 heteroatoms. The lowest BCUT2D eigenvalue weighted by atomic mass is 10.3. The number of nitrogens with two attached hydrogens (primary N) is 1. The number of hydrogen-bond donors (Lipinski definition) is 1. The first-order valence-electron chi connectivity index (χ1n) is 4.23. The first-order chi connectivity index (χ1) is 6.63. The maximum atomic E-state index is 11.0. The average Bonchev–Trinajstić information content (AvgIpc) is 2.16. The van der Waals surface area contributed by atoms with Crippen LogP contribution in [0.25, 0.3) is 0 Å². The van der Waals surface area contributed by atoms with E-state index in [1.54, 1.807) is 31.2 Å². The van der Waals surface area contributed by atoms with E-state index < -0.39 is 12.1 Å². The molecule has 0 fully saturated rings. The molecule has 0 heterocycles. The highest BCUT2D eigenvalue weighted by atomic mass is 16.6. The van der Waals surface area contributed by atoms with Crippen molar-refractivity contribution in [2.45, 2.75) is 13.0 Å². The summed E-state index contributed by atoms with van der Waals surface area (Å²) < 4.78 is 9.81. The molecule has 0 amide bonds. The Morgan fingerprint density at radius 1 is 1.50 bits per heavy atom. The van der Waals surface area contributed by atoms with E-state index in [-0.39, 0.29) is 0 Å². The number of methoxy groups -OCH3 is 1. The summed E-state index contributed by atoms with van der Waals surface area (Å²) in [5.74, 6) is 0.148. The highest BCUT2D eigenvalue weighted by Crippen LogP contribution is 2.16. The number of benzene rings is 1. The van der Waals surface area contributed by atoms with Gasteiger partial charge in [-0.2, -0.15) is 0 Å². The van der Waals surface area contributed by atoms with Crippen molar-refractivity contribution >= 4 is 11.7 Å². The highest BCUT2D eigenvalue weighted by molar-refractivity contribution is 5.74. The van der Waals surface area contributed by atoms with E-state index in [0.29, 0.717) is 11.4 Å². The summed E-state index contributed by atoms with van der Waals surface area (Å²) in [6.45, 7) is 1.62. The van der Waals surface area contributed by atoms with Crippen molar-refractivity contribution in [1.82, 2.24) is 0 Å². The Kier molecular flexibility index (Phi) is 3.34. The molecule has 0 bridgehead atoms. The number of nitrogen functional groups attached to an aromatic ring is 1. The van der Waals surface area contributed by atoms with E-state index in [4.69, 9.17) is 10.5 Å². The summed E-state index contributed by atoms with van der Waals surface area (Å²) in [4.78, 5) is 11.0. The summed E-state index contributed by atoms with van der Waals surface area (Å²) in [6, 6.07) is 6.89. The van der Waals surface area contributed by atoms with E-state index >= 15 is 0 Å². The topological polar surface area (TPSA) is 61.5 Å². The Morgan fingerprint density at radius 3 is 2.79 bits per heavy atom. The van der Waals surface area contributed by atoms with Gasteiger partial charge in [-0.1, -0.05) is 6.07 Å². The Morgan fingerprint density at radius 2 is 2.21 bits per heavy atom. The van der Waals surface area contributed by atoms with Crippen molar-refractivity contribution in [3.05, 3.63) is 24.3 Å². The minimum absolute atomic E-state index is 0.410. The van der Waals surface area contributed by atoms with Gasteiger partial charge in [0.1, 0.15) is 5.75 Å². The first-order valence-corrected chi connectivity index (χ1v) is 4.23. The second kappa shape index (κ2) is 4.50. The summed E-state index contributed by atoms with van der Waals surface area (Å²) in [7, 11) is 1.32. The van der Waals surface area contributed by atoms with Crippen molar-refractivity contribution < 1.29 is 14.3 Å². The third kappa shape index (κ3) is 2.65. The molecule has 0 aliphatic heterocycles. The van der Waals surface area contributed by atoms with Gasteiger partial charge < -0.3 is 15.2 Å². The van der Waals surface area contributed by atoms with Crippen LogP contribution >= 0.6 is 0 Å². The van der Waals surface area contributed by atoms with E-state index in [9.17, 15) is 4.79 Å². The van der Waals surface area contributed by atoms with E-state index in [1.807, 2.05) is 0 Å². The van der Waals surface area contributed by atoms with Crippen LogP contribution in [0, 0.1) is 0 Å². The van der Waals surface area contributed by atoms with Crippen LogP contribution in [0.4, 0.5) is 5.69 Å². The van der Waals surface area contributed by atoms with E-state index in [2.05, 4.69) is 4.74 Å². The Balaban J connectivity index is 2.64. The predicted octanol–water partition coefficient (Wildman–Crippen LogP) is 1.21. The van der Waals surface area contributed by atoms with Crippen molar-refractivity contribution in [2.75, 3.05) is 12.8 Å². The zero-order chi connectivity index (χ0) is 10.6. The molecule has 0 aromatic heterocycles. The van der Waals surface area contributed by atoms with E-state index in [0.717, 1.165) is 0 Å². The third-order valence-electron chi connectivity index (χ3n) is 1.70. The fourth-order valence-corrected chi connectivity index (χ4v) is 1.01. The van der Waals surface area contributed by atoms with E-state index in [1.165, 1.54) is 7.11 Å². The molecule has 0 aliphatic rings. The molecule has 4 nitrogen and oxygen atoms in total. The summed E-state index contributed by atoms with van der Waals surface area (Å²) in [5, 5.41) is 0. The van der Waals surface area contributed by atoms with Crippen LogP contribution in [0.2, 0.25) is 0 Å². The lowest BCUT2D eigenvalue weighted by Crippen LogP contribution is -2.24. The first kappa shape index (κ1) is 10.4. The molecule has 76 valence electrons. The van der Waals surface area contributed by atoms with Crippen LogP contribution < -0.4 is 10.5 Å². The van der Waals surface area contributed by atoms with Gasteiger partial charge in [-0.25, -0.2) is 4.79 Å². The monoisotopic (exact) mass is 195 g/mol. The Labute approximate surface area is 82.6 Å². The van der Waals surface area contributed by atoms with Gasteiger partial charge in [0.15, 0.2) is 6.10 Å². The minimum atomic E-state index is -0.623. The molecule has 0 aliphatic carbocycles. The number of esters is 1. The quantitative estimate of drug-likeness (QED) is 0.581. The van der Waals surface area contributed by atoms with Crippen molar-refractivity contribution in [3.63, 3.8) is 0 Å². The number of anilines is 1. The molecule has 0 radical (unpaired) electrons. The minimum Gasteiger partial charge on any atom is -0.479 e. The maximum Gasteiger partial charge on any atom is 0.346 e. The van der Waals surface area contributed by atoms with Crippen molar-refractivity contribution in [3.8, 4) is 5.75 Å². The lowest BCUT2D eigenvalue weighted by molar-refractivity contribution is -0.147. The molecule has 0 unspecified atom stereocenters. The van der Waals surface area contributed by atoms with Gasteiger partial charge in [-0.3, -0.25) is 0 Å². The fraction of sp³-hybridized carbons (Fsp3) is 0.300. The fourth-order valence-electron chi connectivity index (χ4n) is 1.01. The highest BCUT2D eigenvalue weighted by Gasteiger charge is 2.14. The lowest BCUT2D eigenvalue weighted by Gasteiger charge is -2.12. The molecule has 14 heavy (non-hydrogen) atoms. The molecule has 1 aromatic carbocycles. The summed E-state index contributed by atoms with van der Waals surface area (Å²) >= 11 is 0. The summed E-state index contributed by atoms with van der Waals surface area (Å²) in [5.41, 5.74) is 6.14. The zero-order valence-electron chi connectivity index (χ0n) is 8.19. The second-order valence-electron chi connectivity index (χ2n) is 2.86. The molecular weight excluding hydrogens is 182 g/mol. The standard InChI is InChI=1S/C10H13NO3/c1-7(10(12)13-2)14-9-5-3-4-8(11)6-9/h3-7H,11H2,1-2H3/t7-/m1/s1. The van der Waals surface area contributed by atoms with Crippen molar-refractivity contribution in [2.24, 2.45) is 0 Å². The van der Waals surface area contributed by atoms with Crippen LogP contribution in [0.3, 0.4) is 0 Å². The van der Waals surface area contributed by atoms with Gasteiger partial charge in [0, 0.05) is 11.8 Å². The van der Waals surface area contributed by atoms with Gasteiger partial charge in [-0.05, 0) is 19.1 Å². The molecule has 2 N–H and O–H groups in total. The van der Waals surface area contributed by atoms with Gasteiger partial charge in [-0.15, -0.1) is 0 Å². The van der Waals surface area contributed by atoms with Gasteiger partial charge in [0.25, 0.3) is 0 Å². The van der Waals surface area contributed by atoms with Gasteiger partial charge in [0.05, 0.1) is 7.11 Å². The Hall–Kier alpha value is -1.71. The molecule has 0 spiro atoms. The van der Waals surface area contributed by atoms with Gasteiger partial charge in [0.2, 0.25) is 0 Å². The number of hydrogen-bond acceptors (Lipinski definition) is 4. The number of rotatable bonds is 3. The Bertz CT molecular complexity index is 325. The molecule has 0 saturated carbocycles. The van der Waals surface area contributed by atoms with Crippen LogP contribution in [-0.2, 0) is 9.53 Å². The molecule has 1 aromatic rings. The maximum absolute atomic E-state index is 11.0. The van der Waals surface area contributed by atoms with Crippen LogP contribution in [0.5, 0.6) is 5.75 Å². The second-order valence-corrected chi connectivity index (χ2v) is 2.86. The molecule has 1 rings (SSSR count). The molecule has 0 saturated heterocycles. The molecule has 1 atom stereocenters. The van der Waals surface area contributed by atoms with Gasteiger partial charge >= 0.3 is 5.97 Å². The SMILES string of the molecule is COC(=O)[C@@H](C)Oc1cccc(N)c1. The van der Waals surface area contributed by atoms with Crippen LogP contribution in [0.15, 0.2) is 24.3 Å². The third-order valence-corrected chi connectivity index (χ3v) is 1.70. The molecular formula is C10H13NO3. The normalized spacial score (nSPS) is 11.9. The predicted molar refractivity (Wildman–Crippen MR) is 53.0 cm³/mol. The average molecular weight is 195 g/mol. The number of carbonyl (C=O) groups excluding carboxylic acids is 1. The van der Waals surface area contributed by atoms with Crippen molar-refractivity contribution in [1.29, 1.82) is 0 Å². The largest absolute Gasteiger partial charge is 0.479 e.